The van der Waals surface area contributed by atoms with Crippen LogP contribution in [0.25, 0.3) is 0 Å². The molecule has 0 aliphatic carbocycles. The van der Waals surface area contributed by atoms with Gasteiger partial charge in [0.2, 0.25) is 0 Å². The summed E-state index contributed by atoms with van der Waals surface area (Å²) < 4.78 is 16.7. The average molecular weight is 845 g/mol. The lowest BCUT2D eigenvalue weighted by atomic mass is 10.1. The summed E-state index contributed by atoms with van der Waals surface area (Å²) in [5.41, 5.74) is 0. The Hall–Kier alpha value is -3.93. The molecular formula is C55H88O6. The maximum Gasteiger partial charge on any atom is 0.306 e. The SMILES string of the molecule is CC\C=C/C=C\C=C/CCCCCCCCCC(=O)OCC(COC(=O)CCCCCCC\C=C/C=C\C=C/CC)OC(=O)CCCCCCCCC\C=C/C=C\C=C/CC. The topological polar surface area (TPSA) is 78.9 Å². The zero-order valence-electron chi connectivity index (χ0n) is 39.1. The van der Waals surface area contributed by atoms with Gasteiger partial charge in [-0.05, 0) is 77.0 Å². The molecule has 0 radical (unpaired) electrons. The maximum atomic E-state index is 12.8. The van der Waals surface area contributed by atoms with Gasteiger partial charge in [-0.25, -0.2) is 0 Å². The third-order valence-corrected chi connectivity index (χ3v) is 9.94. The summed E-state index contributed by atoms with van der Waals surface area (Å²) >= 11 is 0. The van der Waals surface area contributed by atoms with E-state index in [0.717, 1.165) is 116 Å². The monoisotopic (exact) mass is 845 g/mol. The van der Waals surface area contributed by atoms with E-state index in [1.54, 1.807) is 0 Å². The first-order valence-electron chi connectivity index (χ1n) is 24.5. The van der Waals surface area contributed by atoms with Crippen LogP contribution in [0.15, 0.2) is 109 Å². The first kappa shape index (κ1) is 57.1. The molecule has 0 amide bonds. The van der Waals surface area contributed by atoms with E-state index < -0.39 is 6.10 Å². The van der Waals surface area contributed by atoms with Crippen molar-refractivity contribution in [1.82, 2.24) is 0 Å². The highest BCUT2D eigenvalue weighted by Crippen LogP contribution is 2.14. The number of hydrogen-bond donors (Lipinski definition) is 0. The van der Waals surface area contributed by atoms with Crippen molar-refractivity contribution < 1.29 is 28.6 Å². The minimum atomic E-state index is -0.799. The molecule has 0 spiro atoms. The van der Waals surface area contributed by atoms with Crippen molar-refractivity contribution in [1.29, 1.82) is 0 Å². The summed E-state index contributed by atoms with van der Waals surface area (Å²) in [5, 5.41) is 0. The molecule has 0 heterocycles. The van der Waals surface area contributed by atoms with Gasteiger partial charge in [0.15, 0.2) is 6.10 Å². The number of esters is 3. The van der Waals surface area contributed by atoms with E-state index in [4.69, 9.17) is 14.2 Å². The van der Waals surface area contributed by atoms with E-state index in [-0.39, 0.29) is 31.1 Å². The van der Waals surface area contributed by atoms with Gasteiger partial charge in [0.25, 0.3) is 0 Å². The van der Waals surface area contributed by atoms with Crippen LogP contribution in [0.1, 0.15) is 201 Å². The molecule has 6 heteroatoms. The predicted molar refractivity (Wildman–Crippen MR) is 260 cm³/mol. The van der Waals surface area contributed by atoms with Gasteiger partial charge in [-0.2, -0.15) is 0 Å². The fraction of sp³-hybridized carbons (Fsp3) is 0.618. The fourth-order valence-corrected chi connectivity index (χ4v) is 6.32. The normalized spacial score (nSPS) is 13.0. The molecule has 0 saturated heterocycles. The molecule has 0 aliphatic heterocycles. The summed E-state index contributed by atoms with van der Waals surface area (Å²) in [4.78, 5) is 37.9. The predicted octanol–water partition coefficient (Wildman–Crippen LogP) is 16.0. The first-order chi connectivity index (χ1) is 30.0. The van der Waals surface area contributed by atoms with Gasteiger partial charge in [0, 0.05) is 19.3 Å². The molecule has 0 aromatic carbocycles. The van der Waals surface area contributed by atoms with Gasteiger partial charge in [0.05, 0.1) is 0 Å². The van der Waals surface area contributed by atoms with E-state index in [1.165, 1.54) is 44.9 Å². The van der Waals surface area contributed by atoms with Crippen molar-refractivity contribution >= 4 is 17.9 Å². The molecule has 0 aromatic heterocycles. The van der Waals surface area contributed by atoms with E-state index in [1.807, 2.05) is 0 Å². The molecule has 0 rings (SSSR count). The van der Waals surface area contributed by atoms with Gasteiger partial charge in [0.1, 0.15) is 13.2 Å². The Morgan fingerprint density at radius 2 is 0.590 bits per heavy atom. The van der Waals surface area contributed by atoms with Crippen molar-refractivity contribution in [2.24, 2.45) is 0 Å². The summed E-state index contributed by atoms with van der Waals surface area (Å²) in [5.74, 6) is -0.951. The van der Waals surface area contributed by atoms with Crippen LogP contribution in [0.3, 0.4) is 0 Å². The lowest BCUT2D eigenvalue weighted by molar-refractivity contribution is -0.167. The van der Waals surface area contributed by atoms with E-state index in [0.29, 0.717) is 19.3 Å². The number of carbonyl (C=O) groups is 3. The molecule has 1 atom stereocenters. The molecule has 344 valence electrons. The van der Waals surface area contributed by atoms with E-state index in [9.17, 15) is 14.4 Å². The van der Waals surface area contributed by atoms with Crippen LogP contribution in [0, 0.1) is 0 Å². The van der Waals surface area contributed by atoms with Gasteiger partial charge in [-0.3, -0.25) is 14.4 Å². The molecule has 0 aromatic rings. The lowest BCUT2D eigenvalue weighted by Gasteiger charge is -2.18. The van der Waals surface area contributed by atoms with Crippen LogP contribution in [0.4, 0.5) is 0 Å². The van der Waals surface area contributed by atoms with E-state index >= 15 is 0 Å². The second-order valence-electron chi connectivity index (χ2n) is 15.8. The van der Waals surface area contributed by atoms with Gasteiger partial charge in [-0.1, -0.05) is 214 Å². The first-order valence-corrected chi connectivity index (χ1v) is 24.5. The zero-order chi connectivity index (χ0) is 44.4. The van der Waals surface area contributed by atoms with Gasteiger partial charge < -0.3 is 14.2 Å². The summed E-state index contributed by atoms with van der Waals surface area (Å²) in [6, 6.07) is 0. The van der Waals surface area contributed by atoms with Crippen molar-refractivity contribution in [3.63, 3.8) is 0 Å². The highest BCUT2D eigenvalue weighted by molar-refractivity contribution is 5.71. The van der Waals surface area contributed by atoms with Crippen LogP contribution in [-0.4, -0.2) is 37.2 Å². The van der Waals surface area contributed by atoms with Crippen LogP contribution in [-0.2, 0) is 28.6 Å². The second kappa shape index (κ2) is 48.7. The number of unbranched alkanes of at least 4 members (excludes halogenated alkanes) is 19. The van der Waals surface area contributed by atoms with Crippen LogP contribution in [0.2, 0.25) is 0 Å². The highest BCUT2D eigenvalue weighted by Gasteiger charge is 2.19. The second-order valence-corrected chi connectivity index (χ2v) is 15.8. The van der Waals surface area contributed by atoms with Crippen LogP contribution >= 0.6 is 0 Å². The summed E-state index contributed by atoms with van der Waals surface area (Å²) in [6.07, 6.45) is 64.9. The van der Waals surface area contributed by atoms with Crippen molar-refractivity contribution in [2.45, 2.75) is 207 Å². The standard InChI is InChI=1S/C55H88O6/c1-4-7-10-13-16-19-22-25-27-30-33-36-39-42-45-48-54(57)60-51-52(50-59-53(56)47-44-41-38-35-32-29-24-21-18-15-12-9-6-3)61-55(58)49-46-43-40-37-34-31-28-26-23-20-17-14-11-8-5-2/h7-24,52H,4-6,25-51H2,1-3H3/b10-7-,11-8-,12-9-,16-13-,17-14-,18-15-,22-19-,23-20-,24-21-. The number of carbonyl (C=O) groups excluding carboxylic acids is 3. The van der Waals surface area contributed by atoms with Crippen molar-refractivity contribution in [2.75, 3.05) is 13.2 Å². The molecule has 6 nitrogen and oxygen atoms in total. The molecule has 1 unspecified atom stereocenters. The van der Waals surface area contributed by atoms with Crippen molar-refractivity contribution in [3.8, 4) is 0 Å². The Morgan fingerprint density at radius 3 is 0.902 bits per heavy atom. The largest absolute Gasteiger partial charge is 0.462 e. The number of ether oxygens (including phenoxy) is 3. The number of allylic oxidation sites excluding steroid dienone is 18. The Morgan fingerprint density at radius 1 is 0.328 bits per heavy atom. The molecule has 0 saturated carbocycles. The quantitative estimate of drug-likeness (QED) is 0.0264. The maximum absolute atomic E-state index is 12.8. The lowest BCUT2D eigenvalue weighted by Crippen LogP contribution is -2.30. The summed E-state index contributed by atoms with van der Waals surface area (Å²) in [7, 11) is 0. The molecule has 0 N–H and O–H groups in total. The molecule has 61 heavy (non-hydrogen) atoms. The fourth-order valence-electron chi connectivity index (χ4n) is 6.32. The van der Waals surface area contributed by atoms with Crippen LogP contribution < -0.4 is 0 Å². The van der Waals surface area contributed by atoms with Gasteiger partial charge >= 0.3 is 17.9 Å². The Balaban J connectivity index is 4.47. The molecule has 0 bridgehead atoms. The van der Waals surface area contributed by atoms with Gasteiger partial charge in [-0.15, -0.1) is 0 Å². The van der Waals surface area contributed by atoms with E-state index in [2.05, 4.69) is 130 Å². The Labute approximate surface area is 374 Å². The third kappa shape index (κ3) is 47.0. The Bertz CT molecular complexity index is 1290. The average Bonchev–Trinajstić information content (AvgIpc) is 3.26. The molecule has 0 aliphatic rings. The van der Waals surface area contributed by atoms with Crippen LogP contribution in [0.5, 0.6) is 0 Å². The third-order valence-electron chi connectivity index (χ3n) is 9.94. The molecular weight excluding hydrogens is 757 g/mol. The minimum absolute atomic E-state index is 0.0986. The highest BCUT2D eigenvalue weighted by atomic mass is 16.6. The smallest absolute Gasteiger partial charge is 0.306 e. The number of rotatable bonds is 42. The Kier molecular flexibility index (Phi) is 45.6. The molecule has 0 fully saturated rings. The number of hydrogen-bond acceptors (Lipinski definition) is 6. The zero-order valence-corrected chi connectivity index (χ0v) is 39.1. The van der Waals surface area contributed by atoms with Crippen molar-refractivity contribution in [3.05, 3.63) is 109 Å². The minimum Gasteiger partial charge on any atom is -0.462 e. The summed E-state index contributed by atoms with van der Waals surface area (Å²) in [6.45, 7) is 6.19.